The number of hydrogen-bond acceptors (Lipinski definition) is 2. The van der Waals surface area contributed by atoms with E-state index in [-0.39, 0.29) is 0 Å². The van der Waals surface area contributed by atoms with Gasteiger partial charge in [0.2, 0.25) is 0 Å². The van der Waals surface area contributed by atoms with Crippen molar-refractivity contribution < 1.29 is 4.74 Å². The number of para-hydroxylation sites is 1. The molecule has 17 heavy (non-hydrogen) atoms. The molecule has 1 atom stereocenters. The summed E-state index contributed by atoms with van der Waals surface area (Å²) in [7, 11) is 0. The lowest BCUT2D eigenvalue weighted by Gasteiger charge is -2.13. The second kappa shape index (κ2) is 4.48. The highest BCUT2D eigenvalue weighted by Gasteiger charge is 2.23. The number of ether oxygens (including phenoxy) is 1. The monoisotopic (exact) mass is 270 g/mol. The zero-order chi connectivity index (χ0) is 11.8. The van der Waals surface area contributed by atoms with Gasteiger partial charge in [0.15, 0.2) is 0 Å². The molecule has 0 bridgehead atoms. The van der Waals surface area contributed by atoms with Crippen molar-refractivity contribution >= 4 is 34.2 Å². The van der Waals surface area contributed by atoms with Crippen LogP contribution in [0, 0.1) is 0 Å². The van der Waals surface area contributed by atoms with Crippen molar-refractivity contribution in [2.75, 3.05) is 13.2 Å². The lowest BCUT2D eigenvalue weighted by Crippen LogP contribution is -2.11. The predicted molar refractivity (Wildman–Crippen MR) is 68.8 cm³/mol. The van der Waals surface area contributed by atoms with Crippen molar-refractivity contribution in [1.29, 1.82) is 0 Å². The third kappa shape index (κ3) is 1.82. The molecule has 1 fully saturated rings. The molecule has 2 heterocycles. The molecule has 3 rings (SSSR count). The minimum absolute atomic E-state index is 0.326. The highest BCUT2D eigenvalue weighted by Crippen LogP contribution is 2.30. The number of halogens is 2. The van der Waals surface area contributed by atoms with E-state index in [1.54, 1.807) is 0 Å². The van der Waals surface area contributed by atoms with E-state index < -0.39 is 0 Å². The molecule has 0 aliphatic carbocycles. The summed E-state index contributed by atoms with van der Waals surface area (Å²) in [6, 6.07) is 6.15. The molecule has 1 unspecified atom stereocenters. The average Bonchev–Trinajstić information content (AvgIpc) is 2.94. The summed E-state index contributed by atoms with van der Waals surface area (Å²) in [5.41, 5.74) is 1.88. The molecule has 90 valence electrons. The molecular weight excluding hydrogens is 259 g/mol. The maximum absolute atomic E-state index is 6.16. The molecule has 0 spiro atoms. The highest BCUT2D eigenvalue weighted by atomic mass is 35.5. The topological polar surface area (TPSA) is 27.1 Å². The summed E-state index contributed by atoms with van der Waals surface area (Å²) < 4.78 is 7.60. The Morgan fingerprint density at radius 1 is 1.47 bits per heavy atom. The molecule has 1 aliphatic heterocycles. The zero-order valence-corrected chi connectivity index (χ0v) is 10.7. The molecule has 1 saturated heterocycles. The van der Waals surface area contributed by atoms with Gasteiger partial charge < -0.3 is 9.30 Å². The van der Waals surface area contributed by atoms with Crippen molar-refractivity contribution in [2.45, 2.75) is 18.3 Å². The summed E-state index contributed by atoms with van der Waals surface area (Å²) in [5, 5.41) is 0.673. The maximum atomic E-state index is 6.16. The van der Waals surface area contributed by atoms with Crippen LogP contribution in [0.3, 0.4) is 0 Å². The van der Waals surface area contributed by atoms with Gasteiger partial charge in [0.05, 0.1) is 29.1 Å². The first-order valence-corrected chi connectivity index (χ1v) is 6.51. The number of imidazole rings is 1. The number of hydrogen-bond donors (Lipinski definition) is 0. The third-order valence-electron chi connectivity index (χ3n) is 3.13. The molecular formula is C12H12Cl2N2O. The molecule has 0 amide bonds. The Kier molecular flexibility index (Phi) is 2.99. The first-order valence-electron chi connectivity index (χ1n) is 5.60. The molecule has 1 aromatic heterocycles. The van der Waals surface area contributed by atoms with Gasteiger partial charge in [0.25, 0.3) is 0 Å². The van der Waals surface area contributed by atoms with Gasteiger partial charge in [0, 0.05) is 6.61 Å². The largest absolute Gasteiger partial charge is 0.379 e. The van der Waals surface area contributed by atoms with Crippen molar-refractivity contribution in [3.8, 4) is 0 Å². The summed E-state index contributed by atoms with van der Waals surface area (Å²) in [6.07, 6.45) is 1.00. The average molecular weight is 271 g/mol. The van der Waals surface area contributed by atoms with Crippen molar-refractivity contribution in [3.63, 3.8) is 0 Å². The van der Waals surface area contributed by atoms with Gasteiger partial charge >= 0.3 is 0 Å². The molecule has 0 radical (unpaired) electrons. The van der Waals surface area contributed by atoms with Crippen molar-refractivity contribution in [3.05, 3.63) is 29.0 Å². The Morgan fingerprint density at radius 2 is 2.35 bits per heavy atom. The van der Waals surface area contributed by atoms with E-state index in [1.165, 1.54) is 0 Å². The summed E-state index contributed by atoms with van der Waals surface area (Å²) in [6.45, 7) is 1.52. The number of benzene rings is 1. The summed E-state index contributed by atoms with van der Waals surface area (Å²) in [4.78, 5) is 4.52. The number of aromatic nitrogens is 2. The molecule has 0 saturated carbocycles. The Labute approximate surface area is 109 Å². The third-order valence-corrected chi connectivity index (χ3v) is 3.68. The van der Waals surface area contributed by atoms with Crippen molar-refractivity contribution in [1.82, 2.24) is 9.55 Å². The van der Waals surface area contributed by atoms with Gasteiger partial charge in [0.1, 0.15) is 11.3 Å². The van der Waals surface area contributed by atoms with Gasteiger partial charge in [-0.15, -0.1) is 11.6 Å². The molecule has 0 N–H and O–H groups in total. The van der Waals surface area contributed by atoms with Gasteiger partial charge in [-0.2, -0.15) is 0 Å². The van der Waals surface area contributed by atoms with Crippen LogP contribution in [0.15, 0.2) is 18.2 Å². The lowest BCUT2D eigenvalue weighted by molar-refractivity contribution is 0.187. The standard InChI is InChI=1S/C12H12Cl2N2O/c13-6-11-15-12-9(14)2-1-3-10(12)16(11)8-4-5-17-7-8/h1-3,8H,4-7H2. The number of alkyl halides is 1. The van der Waals surface area contributed by atoms with Gasteiger partial charge in [-0.3, -0.25) is 0 Å². The van der Waals surface area contributed by atoms with E-state index >= 15 is 0 Å². The smallest absolute Gasteiger partial charge is 0.125 e. The number of nitrogens with zero attached hydrogens (tertiary/aromatic N) is 2. The second-order valence-corrected chi connectivity index (χ2v) is 4.83. The Hall–Kier alpha value is -0.770. The fraction of sp³-hybridized carbons (Fsp3) is 0.417. The normalized spacial score (nSPS) is 20.2. The molecule has 1 aromatic carbocycles. The second-order valence-electron chi connectivity index (χ2n) is 4.16. The van der Waals surface area contributed by atoms with E-state index in [0.29, 0.717) is 16.9 Å². The van der Waals surface area contributed by atoms with Gasteiger partial charge in [-0.05, 0) is 18.6 Å². The van der Waals surface area contributed by atoms with E-state index in [9.17, 15) is 0 Å². The van der Waals surface area contributed by atoms with Gasteiger partial charge in [-0.1, -0.05) is 17.7 Å². The van der Waals surface area contributed by atoms with Crippen LogP contribution in [0.5, 0.6) is 0 Å². The fourth-order valence-corrected chi connectivity index (χ4v) is 2.76. The van der Waals surface area contributed by atoms with E-state index in [4.69, 9.17) is 27.9 Å². The van der Waals surface area contributed by atoms with Crippen molar-refractivity contribution in [2.24, 2.45) is 0 Å². The lowest BCUT2D eigenvalue weighted by atomic mass is 10.2. The summed E-state index contributed by atoms with van der Waals surface area (Å²) >= 11 is 12.1. The molecule has 5 heteroatoms. The SMILES string of the molecule is ClCc1nc2c(Cl)cccc2n1C1CCOC1. The number of rotatable bonds is 2. The van der Waals surface area contributed by atoms with Crippen LogP contribution in [0.1, 0.15) is 18.3 Å². The van der Waals surface area contributed by atoms with E-state index in [1.807, 2.05) is 18.2 Å². The van der Waals surface area contributed by atoms with Crippen LogP contribution in [0.4, 0.5) is 0 Å². The van der Waals surface area contributed by atoms with Crippen LogP contribution < -0.4 is 0 Å². The van der Waals surface area contributed by atoms with Crippen LogP contribution in [0.25, 0.3) is 11.0 Å². The minimum atomic E-state index is 0.326. The first-order chi connectivity index (χ1) is 8.31. The quantitative estimate of drug-likeness (QED) is 0.783. The van der Waals surface area contributed by atoms with Crippen LogP contribution in [-0.2, 0) is 10.6 Å². The highest BCUT2D eigenvalue weighted by molar-refractivity contribution is 6.35. The van der Waals surface area contributed by atoms with E-state index in [2.05, 4.69) is 9.55 Å². The number of fused-ring (bicyclic) bond motifs is 1. The molecule has 3 nitrogen and oxygen atoms in total. The van der Waals surface area contributed by atoms with Crippen LogP contribution in [-0.4, -0.2) is 22.8 Å². The Balaban J connectivity index is 2.22. The summed E-state index contributed by atoms with van der Waals surface area (Å²) in [5.74, 6) is 1.26. The Bertz CT molecular complexity index is 547. The first kappa shape index (κ1) is 11.3. The Morgan fingerprint density at radius 3 is 3.06 bits per heavy atom. The zero-order valence-electron chi connectivity index (χ0n) is 9.20. The molecule has 1 aliphatic rings. The van der Waals surface area contributed by atoms with E-state index in [0.717, 1.165) is 36.5 Å². The fourth-order valence-electron chi connectivity index (χ4n) is 2.36. The maximum Gasteiger partial charge on any atom is 0.125 e. The van der Waals surface area contributed by atoms with Gasteiger partial charge in [-0.25, -0.2) is 4.98 Å². The van der Waals surface area contributed by atoms with Crippen LogP contribution in [0.2, 0.25) is 5.02 Å². The predicted octanol–water partition coefficient (Wildman–Crippen LogP) is 3.39. The molecule has 2 aromatic rings. The van der Waals surface area contributed by atoms with Crippen LogP contribution >= 0.6 is 23.2 Å². The minimum Gasteiger partial charge on any atom is -0.379 e.